The van der Waals surface area contributed by atoms with Crippen LogP contribution in [0, 0.1) is 0 Å². The number of ether oxygens (including phenoxy) is 1. The maximum atomic E-state index is 12.4. The summed E-state index contributed by atoms with van der Waals surface area (Å²) < 4.78 is 33.3. The van der Waals surface area contributed by atoms with E-state index in [-0.39, 0.29) is 4.90 Å². The molecule has 0 unspecified atom stereocenters. The first-order chi connectivity index (χ1) is 13.0. The van der Waals surface area contributed by atoms with Crippen molar-refractivity contribution in [2.24, 2.45) is 0 Å². The minimum atomic E-state index is -3.50. The lowest BCUT2D eigenvalue weighted by Gasteiger charge is -2.36. The fraction of sp³-hybridized carbons (Fsp3) is 0.368. The molecule has 0 amide bonds. The molecule has 2 aromatic rings. The van der Waals surface area contributed by atoms with E-state index >= 15 is 0 Å². The lowest BCUT2D eigenvalue weighted by molar-refractivity contribution is 0.262. The highest BCUT2D eigenvalue weighted by Gasteiger charge is 2.19. The van der Waals surface area contributed by atoms with Gasteiger partial charge in [0.1, 0.15) is 5.75 Å². The number of hydrogen-bond acceptors (Lipinski definition) is 5. The first-order valence-corrected chi connectivity index (χ1v) is 11.1. The summed E-state index contributed by atoms with van der Waals surface area (Å²) in [7, 11) is -1.83. The van der Waals surface area contributed by atoms with Gasteiger partial charge >= 0.3 is 0 Å². The summed E-state index contributed by atoms with van der Waals surface area (Å²) in [6.45, 7) is 4.74. The zero-order chi connectivity index (χ0) is 19.3. The Morgan fingerprint density at radius 3 is 2.33 bits per heavy atom. The molecule has 0 radical (unpaired) electrons. The van der Waals surface area contributed by atoms with Crippen molar-refractivity contribution in [2.45, 2.75) is 4.90 Å². The maximum Gasteiger partial charge on any atom is 0.241 e. The number of halogens is 1. The van der Waals surface area contributed by atoms with E-state index in [4.69, 9.17) is 4.74 Å². The van der Waals surface area contributed by atoms with E-state index in [0.717, 1.165) is 31.9 Å². The smallest absolute Gasteiger partial charge is 0.241 e. The number of sulfonamides is 1. The standard InChI is InChI=1S/C19H24BrN3O3S/c1-26-17-8-6-16(7-9-17)23-14-12-22(13-15-23)11-10-21-27(24,25)19-5-3-2-4-18(19)20/h2-9,21H,10-15H2,1H3. The molecule has 0 aromatic heterocycles. The van der Waals surface area contributed by atoms with E-state index in [0.29, 0.717) is 17.6 Å². The molecule has 0 saturated carbocycles. The monoisotopic (exact) mass is 453 g/mol. The predicted molar refractivity (Wildman–Crippen MR) is 111 cm³/mol. The third-order valence-electron chi connectivity index (χ3n) is 4.66. The molecule has 2 aromatic carbocycles. The molecular weight excluding hydrogens is 430 g/mol. The first kappa shape index (κ1) is 20.1. The fourth-order valence-electron chi connectivity index (χ4n) is 3.10. The van der Waals surface area contributed by atoms with E-state index in [9.17, 15) is 8.42 Å². The number of anilines is 1. The Bertz CT molecular complexity index is 851. The average Bonchev–Trinajstić information content (AvgIpc) is 2.69. The van der Waals surface area contributed by atoms with Crippen LogP contribution >= 0.6 is 15.9 Å². The summed E-state index contributed by atoms with van der Waals surface area (Å²) >= 11 is 3.30. The van der Waals surface area contributed by atoms with Gasteiger partial charge in [-0.25, -0.2) is 13.1 Å². The Morgan fingerprint density at radius 2 is 1.70 bits per heavy atom. The van der Waals surface area contributed by atoms with Gasteiger partial charge < -0.3 is 9.64 Å². The molecule has 1 N–H and O–H groups in total. The van der Waals surface area contributed by atoms with Crippen LogP contribution in [0.15, 0.2) is 57.9 Å². The van der Waals surface area contributed by atoms with Crippen molar-refractivity contribution in [1.29, 1.82) is 0 Å². The molecule has 0 spiro atoms. The van der Waals surface area contributed by atoms with E-state index in [2.05, 4.69) is 42.6 Å². The maximum absolute atomic E-state index is 12.4. The Morgan fingerprint density at radius 1 is 1.04 bits per heavy atom. The highest BCUT2D eigenvalue weighted by molar-refractivity contribution is 9.10. The van der Waals surface area contributed by atoms with Gasteiger partial charge in [0.2, 0.25) is 10.0 Å². The normalized spacial score (nSPS) is 15.7. The number of nitrogens with one attached hydrogen (secondary N) is 1. The van der Waals surface area contributed by atoms with Crippen LogP contribution in [0.2, 0.25) is 0 Å². The van der Waals surface area contributed by atoms with Crippen LogP contribution in [0.3, 0.4) is 0 Å². The molecule has 27 heavy (non-hydrogen) atoms. The molecule has 1 saturated heterocycles. The van der Waals surface area contributed by atoms with Crippen LogP contribution in [0.4, 0.5) is 5.69 Å². The summed E-state index contributed by atoms with van der Waals surface area (Å²) in [5.74, 6) is 0.856. The molecule has 1 aliphatic rings. The number of rotatable bonds is 7. The summed E-state index contributed by atoms with van der Waals surface area (Å²) in [4.78, 5) is 4.89. The van der Waals surface area contributed by atoms with Crippen molar-refractivity contribution < 1.29 is 13.2 Å². The highest BCUT2D eigenvalue weighted by Crippen LogP contribution is 2.21. The highest BCUT2D eigenvalue weighted by atomic mass is 79.9. The molecule has 0 aliphatic carbocycles. The Labute approximate surface area is 169 Å². The summed E-state index contributed by atoms with van der Waals surface area (Å²) in [5.41, 5.74) is 1.19. The van der Waals surface area contributed by atoms with E-state index in [1.165, 1.54) is 5.69 Å². The number of hydrogen-bond donors (Lipinski definition) is 1. The predicted octanol–water partition coefficient (Wildman–Crippen LogP) is 2.56. The third kappa shape index (κ3) is 5.22. The molecular formula is C19H24BrN3O3S. The molecule has 1 fully saturated rings. The van der Waals surface area contributed by atoms with Crippen LogP contribution in [0.25, 0.3) is 0 Å². The van der Waals surface area contributed by atoms with Crippen molar-refractivity contribution >= 4 is 31.6 Å². The van der Waals surface area contributed by atoms with Gasteiger partial charge in [-0.05, 0) is 52.3 Å². The fourth-order valence-corrected chi connectivity index (χ4v) is 5.12. The van der Waals surface area contributed by atoms with Gasteiger partial charge in [-0.1, -0.05) is 12.1 Å². The molecule has 0 atom stereocenters. The van der Waals surface area contributed by atoms with Crippen LogP contribution in [-0.4, -0.2) is 59.7 Å². The first-order valence-electron chi connectivity index (χ1n) is 8.85. The molecule has 8 heteroatoms. The molecule has 146 valence electrons. The van der Waals surface area contributed by atoms with E-state index in [1.54, 1.807) is 31.4 Å². The molecule has 1 aliphatic heterocycles. The number of nitrogens with zero attached hydrogens (tertiary/aromatic N) is 2. The quantitative estimate of drug-likeness (QED) is 0.697. The van der Waals surface area contributed by atoms with Gasteiger partial charge in [0.05, 0.1) is 12.0 Å². The third-order valence-corrected chi connectivity index (χ3v) is 7.13. The van der Waals surface area contributed by atoms with Gasteiger partial charge in [0.15, 0.2) is 0 Å². The number of benzene rings is 2. The number of piperazine rings is 1. The van der Waals surface area contributed by atoms with Crippen molar-refractivity contribution in [2.75, 3.05) is 51.3 Å². The second kappa shape index (κ2) is 9.05. The van der Waals surface area contributed by atoms with Crippen molar-refractivity contribution in [3.63, 3.8) is 0 Å². The molecule has 6 nitrogen and oxygen atoms in total. The minimum absolute atomic E-state index is 0.273. The molecule has 1 heterocycles. The Balaban J connectivity index is 1.46. The van der Waals surface area contributed by atoms with Gasteiger partial charge in [-0.3, -0.25) is 4.90 Å². The van der Waals surface area contributed by atoms with E-state index in [1.807, 2.05) is 12.1 Å². The minimum Gasteiger partial charge on any atom is -0.497 e. The van der Waals surface area contributed by atoms with Crippen LogP contribution in [0.1, 0.15) is 0 Å². The Hall–Kier alpha value is -1.61. The lowest BCUT2D eigenvalue weighted by Crippen LogP contribution is -2.48. The molecule has 0 bridgehead atoms. The van der Waals surface area contributed by atoms with Gasteiger partial charge in [0, 0.05) is 49.4 Å². The van der Waals surface area contributed by atoms with Gasteiger partial charge in [-0.2, -0.15) is 0 Å². The topological polar surface area (TPSA) is 61.9 Å². The zero-order valence-corrected chi connectivity index (χ0v) is 17.7. The summed E-state index contributed by atoms with van der Waals surface area (Å²) in [6.07, 6.45) is 0. The van der Waals surface area contributed by atoms with Crippen molar-refractivity contribution in [3.8, 4) is 5.75 Å². The van der Waals surface area contributed by atoms with Crippen LogP contribution < -0.4 is 14.4 Å². The zero-order valence-electron chi connectivity index (χ0n) is 15.3. The number of methoxy groups -OCH3 is 1. The van der Waals surface area contributed by atoms with E-state index < -0.39 is 10.0 Å². The van der Waals surface area contributed by atoms with Gasteiger partial charge in [0.25, 0.3) is 0 Å². The van der Waals surface area contributed by atoms with Gasteiger partial charge in [-0.15, -0.1) is 0 Å². The largest absolute Gasteiger partial charge is 0.497 e. The van der Waals surface area contributed by atoms with Crippen LogP contribution in [0.5, 0.6) is 5.75 Å². The molecule has 3 rings (SSSR count). The average molecular weight is 454 g/mol. The second-order valence-electron chi connectivity index (χ2n) is 6.35. The SMILES string of the molecule is COc1ccc(N2CCN(CCNS(=O)(=O)c3ccccc3Br)CC2)cc1. The summed E-state index contributed by atoms with van der Waals surface area (Å²) in [6, 6.07) is 14.9. The van der Waals surface area contributed by atoms with Crippen LogP contribution in [-0.2, 0) is 10.0 Å². The Kier molecular flexibility index (Phi) is 6.75. The van der Waals surface area contributed by atoms with Crippen molar-refractivity contribution in [3.05, 3.63) is 53.0 Å². The second-order valence-corrected chi connectivity index (χ2v) is 8.94. The lowest BCUT2D eigenvalue weighted by atomic mass is 10.2. The van der Waals surface area contributed by atoms with Crippen molar-refractivity contribution in [1.82, 2.24) is 9.62 Å². The summed E-state index contributed by atoms with van der Waals surface area (Å²) in [5, 5.41) is 0.